The molecule has 25 heavy (non-hydrogen) atoms. The van der Waals surface area contributed by atoms with Crippen molar-refractivity contribution < 1.29 is 9.47 Å². The average molecular weight is 337 g/mol. The highest BCUT2D eigenvalue weighted by atomic mass is 16.5. The molecular formula is C20H23N3O2. The van der Waals surface area contributed by atoms with E-state index >= 15 is 0 Å². The summed E-state index contributed by atoms with van der Waals surface area (Å²) in [5.74, 6) is 1.68. The zero-order valence-electron chi connectivity index (χ0n) is 14.7. The minimum Gasteiger partial charge on any atom is -0.497 e. The number of hydrogen-bond donors (Lipinski definition) is 1. The van der Waals surface area contributed by atoms with Gasteiger partial charge < -0.3 is 14.8 Å². The van der Waals surface area contributed by atoms with Gasteiger partial charge in [0.2, 0.25) is 0 Å². The highest BCUT2D eigenvalue weighted by molar-refractivity contribution is 5.30. The summed E-state index contributed by atoms with van der Waals surface area (Å²) in [6, 6.07) is 18.6. The molecule has 5 nitrogen and oxygen atoms in total. The van der Waals surface area contributed by atoms with E-state index in [1.54, 1.807) is 14.2 Å². The third-order valence-corrected chi connectivity index (χ3v) is 4.71. The molecule has 5 heteroatoms. The molecule has 1 N–H and O–H groups in total. The van der Waals surface area contributed by atoms with E-state index in [2.05, 4.69) is 40.6 Å². The standard InChI is InChI=1S/C20H23N3O2/c1-24-18-7-3-16(4-8-18)11-23(20(13-21)14-22-15-20)12-17-5-9-19(25-2)10-6-17/h3-10,22H,11-12,14-15H2,1-2H3. The summed E-state index contributed by atoms with van der Waals surface area (Å²) in [6.07, 6.45) is 0. The van der Waals surface area contributed by atoms with Crippen molar-refractivity contribution in [1.82, 2.24) is 10.2 Å². The summed E-state index contributed by atoms with van der Waals surface area (Å²) >= 11 is 0. The molecule has 3 rings (SSSR count). The van der Waals surface area contributed by atoms with Gasteiger partial charge in [-0.15, -0.1) is 0 Å². The monoisotopic (exact) mass is 337 g/mol. The molecule has 1 saturated heterocycles. The lowest BCUT2D eigenvalue weighted by Gasteiger charge is -2.45. The zero-order chi connectivity index (χ0) is 17.7. The molecule has 0 saturated carbocycles. The van der Waals surface area contributed by atoms with Gasteiger partial charge in [0.1, 0.15) is 17.0 Å². The van der Waals surface area contributed by atoms with E-state index in [4.69, 9.17) is 9.47 Å². The Balaban J connectivity index is 1.80. The molecule has 0 radical (unpaired) electrons. The molecule has 1 fully saturated rings. The number of nitriles is 1. The Morgan fingerprint density at radius 2 is 1.36 bits per heavy atom. The molecule has 0 amide bonds. The number of methoxy groups -OCH3 is 2. The zero-order valence-corrected chi connectivity index (χ0v) is 14.7. The van der Waals surface area contributed by atoms with Crippen LogP contribution in [-0.4, -0.2) is 37.7 Å². The smallest absolute Gasteiger partial charge is 0.134 e. The van der Waals surface area contributed by atoms with E-state index in [1.165, 1.54) is 0 Å². The van der Waals surface area contributed by atoms with E-state index in [1.807, 2.05) is 24.3 Å². The van der Waals surface area contributed by atoms with Gasteiger partial charge in [0.15, 0.2) is 0 Å². The van der Waals surface area contributed by atoms with E-state index in [9.17, 15) is 5.26 Å². The van der Waals surface area contributed by atoms with Gasteiger partial charge in [0.05, 0.1) is 20.3 Å². The minimum absolute atomic E-state index is 0.458. The van der Waals surface area contributed by atoms with E-state index in [0.29, 0.717) is 26.2 Å². The van der Waals surface area contributed by atoms with Crippen molar-refractivity contribution in [2.75, 3.05) is 27.3 Å². The van der Waals surface area contributed by atoms with Crippen molar-refractivity contribution in [3.63, 3.8) is 0 Å². The van der Waals surface area contributed by atoms with Gasteiger partial charge in [-0.1, -0.05) is 24.3 Å². The van der Waals surface area contributed by atoms with Gasteiger partial charge in [-0.2, -0.15) is 5.26 Å². The van der Waals surface area contributed by atoms with Crippen molar-refractivity contribution in [3.05, 3.63) is 59.7 Å². The van der Waals surface area contributed by atoms with Crippen molar-refractivity contribution in [2.45, 2.75) is 18.6 Å². The van der Waals surface area contributed by atoms with Gasteiger partial charge in [0, 0.05) is 26.2 Å². The predicted molar refractivity (Wildman–Crippen MR) is 96.4 cm³/mol. The van der Waals surface area contributed by atoms with Gasteiger partial charge in [-0.3, -0.25) is 4.90 Å². The molecule has 0 aliphatic carbocycles. The molecule has 1 heterocycles. The third-order valence-electron chi connectivity index (χ3n) is 4.71. The Bertz CT molecular complexity index is 682. The van der Waals surface area contributed by atoms with Gasteiger partial charge in [-0.25, -0.2) is 0 Å². The number of nitrogens with one attached hydrogen (secondary N) is 1. The largest absolute Gasteiger partial charge is 0.497 e. The van der Waals surface area contributed by atoms with Crippen LogP contribution in [-0.2, 0) is 13.1 Å². The fourth-order valence-electron chi connectivity index (χ4n) is 3.00. The Morgan fingerprint density at radius 1 is 0.920 bits per heavy atom. The number of ether oxygens (including phenoxy) is 2. The van der Waals surface area contributed by atoms with Crippen LogP contribution >= 0.6 is 0 Å². The SMILES string of the molecule is COc1ccc(CN(Cc2ccc(OC)cc2)C2(C#N)CNC2)cc1. The second kappa shape index (κ2) is 7.56. The summed E-state index contributed by atoms with van der Waals surface area (Å²) in [4.78, 5) is 2.24. The van der Waals surface area contributed by atoms with Gasteiger partial charge in [-0.05, 0) is 35.4 Å². The minimum atomic E-state index is -0.458. The Hall–Kier alpha value is -2.55. The maximum absolute atomic E-state index is 9.76. The molecule has 0 unspecified atom stereocenters. The Labute approximate surface area is 148 Å². The highest BCUT2D eigenvalue weighted by Gasteiger charge is 2.43. The van der Waals surface area contributed by atoms with Crippen LogP contribution in [0.5, 0.6) is 11.5 Å². The maximum atomic E-state index is 9.76. The van der Waals surface area contributed by atoms with Gasteiger partial charge >= 0.3 is 0 Å². The molecule has 1 aliphatic heterocycles. The fourth-order valence-corrected chi connectivity index (χ4v) is 3.00. The fraction of sp³-hybridized carbons (Fsp3) is 0.350. The number of nitrogens with zero attached hydrogens (tertiary/aromatic N) is 2. The first kappa shape index (κ1) is 17.3. The lowest BCUT2D eigenvalue weighted by atomic mass is 9.90. The quantitative estimate of drug-likeness (QED) is 0.841. The summed E-state index contributed by atoms with van der Waals surface area (Å²) in [5, 5.41) is 13.0. The molecule has 2 aromatic rings. The molecule has 0 aromatic heterocycles. The number of hydrogen-bond acceptors (Lipinski definition) is 5. The molecule has 0 atom stereocenters. The second-order valence-corrected chi connectivity index (χ2v) is 6.30. The van der Waals surface area contributed by atoms with Crippen LogP contribution in [0.2, 0.25) is 0 Å². The molecule has 1 aliphatic rings. The number of rotatable bonds is 7. The van der Waals surface area contributed by atoms with Crippen LogP contribution in [0.3, 0.4) is 0 Å². The molecule has 0 bridgehead atoms. The normalized spacial score (nSPS) is 15.3. The van der Waals surface area contributed by atoms with Crippen LogP contribution in [0.1, 0.15) is 11.1 Å². The molecular weight excluding hydrogens is 314 g/mol. The summed E-state index contributed by atoms with van der Waals surface area (Å²) in [6.45, 7) is 2.81. The first-order chi connectivity index (χ1) is 12.2. The van der Waals surface area contributed by atoms with Crippen LogP contribution in [0.25, 0.3) is 0 Å². The Kier molecular flexibility index (Phi) is 5.22. The number of benzene rings is 2. The second-order valence-electron chi connectivity index (χ2n) is 6.30. The Morgan fingerprint density at radius 3 is 1.64 bits per heavy atom. The third kappa shape index (κ3) is 3.76. The maximum Gasteiger partial charge on any atom is 0.134 e. The topological polar surface area (TPSA) is 57.5 Å². The van der Waals surface area contributed by atoms with Crippen molar-refractivity contribution >= 4 is 0 Å². The lowest BCUT2D eigenvalue weighted by molar-refractivity contribution is 0.0701. The van der Waals surface area contributed by atoms with Crippen LogP contribution in [0.15, 0.2) is 48.5 Å². The molecule has 2 aromatic carbocycles. The first-order valence-electron chi connectivity index (χ1n) is 8.32. The van der Waals surface area contributed by atoms with E-state index in [-0.39, 0.29) is 0 Å². The van der Waals surface area contributed by atoms with Gasteiger partial charge in [0.25, 0.3) is 0 Å². The highest BCUT2D eigenvalue weighted by Crippen LogP contribution is 2.26. The summed E-state index contributed by atoms with van der Waals surface area (Å²) in [7, 11) is 3.32. The van der Waals surface area contributed by atoms with Crippen LogP contribution < -0.4 is 14.8 Å². The van der Waals surface area contributed by atoms with Crippen LogP contribution in [0.4, 0.5) is 0 Å². The van der Waals surface area contributed by atoms with Crippen molar-refractivity contribution in [3.8, 4) is 17.6 Å². The summed E-state index contributed by atoms with van der Waals surface area (Å²) in [5.41, 5.74) is 1.87. The van der Waals surface area contributed by atoms with Crippen molar-refractivity contribution in [1.29, 1.82) is 5.26 Å². The van der Waals surface area contributed by atoms with E-state index < -0.39 is 5.54 Å². The van der Waals surface area contributed by atoms with Crippen molar-refractivity contribution in [2.24, 2.45) is 0 Å². The molecule has 130 valence electrons. The predicted octanol–water partition coefficient (Wildman–Crippen LogP) is 2.57. The lowest BCUT2D eigenvalue weighted by Crippen LogP contribution is -2.67. The summed E-state index contributed by atoms with van der Waals surface area (Å²) < 4.78 is 10.4. The first-order valence-corrected chi connectivity index (χ1v) is 8.32. The van der Waals surface area contributed by atoms with Crippen LogP contribution in [0, 0.1) is 11.3 Å². The van der Waals surface area contributed by atoms with E-state index in [0.717, 1.165) is 22.6 Å². The average Bonchev–Trinajstić information content (AvgIpc) is 2.62. The molecule has 0 spiro atoms.